The van der Waals surface area contributed by atoms with Gasteiger partial charge in [0.05, 0.1) is 24.9 Å². The van der Waals surface area contributed by atoms with Crippen molar-refractivity contribution in [3.05, 3.63) is 24.2 Å². The van der Waals surface area contributed by atoms with E-state index < -0.39 is 0 Å². The molecule has 3 rings (SSSR count). The van der Waals surface area contributed by atoms with Crippen LogP contribution in [-0.2, 0) is 4.74 Å². The van der Waals surface area contributed by atoms with E-state index in [9.17, 15) is 0 Å². The van der Waals surface area contributed by atoms with Gasteiger partial charge in [0.15, 0.2) is 5.65 Å². The van der Waals surface area contributed by atoms with Crippen LogP contribution in [0.4, 0.5) is 0 Å². The summed E-state index contributed by atoms with van der Waals surface area (Å²) < 4.78 is 7.39. The maximum Gasteiger partial charge on any atom is 0.159 e. The van der Waals surface area contributed by atoms with Gasteiger partial charge in [0.25, 0.3) is 0 Å². The molecule has 2 aromatic heterocycles. The Balaban J connectivity index is 2.11. The van der Waals surface area contributed by atoms with Crippen LogP contribution in [0, 0.1) is 0 Å². The number of hydrogen-bond acceptors (Lipinski definition) is 3. The van der Waals surface area contributed by atoms with E-state index in [4.69, 9.17) is 4.74 Å². The van der Waals surface area contributed by atoms with Gasteiger partial charge >= 0.3 is 0 Å². The van der Waals surface area contributed by atoms with Crippen molar-refractivity contribution < 1.29 is 4.74 Å². The van der Waals surface area contributed by atoms with Crippen LogP contribution in [0.15, 0.2) is 18.5 Å². The van der Waals surface area contributed by atoms with Gasteiger partial charge in [-0.15, -0.1) is 0 Å². The lowest BCUT2D eigenvalue weighted by atomic mass is 10.1. The van der Waals surface area contributed by atoms with E-state index in [0.29, 0.717) is 12.0 Å². The molecule has 0 N–H and O–H groups in total. The van der Waals surface area contributed by atoms with E-state index in [1.807, 2.05) is 12.3 Å². The summed E-state index contributed by atoms with van der Waals surface area (Å²) in [5.41, 5.74) is 3.00. The van der Waals surface area contributed by atoms with Gasteiger partial charge in [0.1, 0.15) is 5.52 Å². The van der Waals surface area contributed by atoms with E-state index in [1.54, 1.807) is 0 Å². The summed E-state index contributed by atoms with van der Waals surface area (Å²) >= 11 is 0. The number of aromatic nitrogens is 3. The second kappa shape index (κ2) is 3.56. The molecule has 1 aliphatic heterocycles. The summed E-state index contributed by atoms with van der Waals surface area (Å²) in [7, 11) is 0. The standard InChI is InChI=1S/C12H15N3O/c1-8(2)11-5-13-10-3-4-15(12(10)14-11)9-6-16-7-9/h3-5,8-9H,6-7H2,1-2H3. The first kappa shape index (κ1) is 9.78. The lowest BCUT2D eigenvalue weighted by Crippen LogP contribution is -2.30. The summed E-state index contributed by atoms with van der Waals surface area (Å²) in [5, 5.41) is 0. The molecule has 2 aromatic rings. The van der Waals surface area contributed by atoms with Crippen LogP contribution in [-0.4, -0.2) is 27.7 Å². The zero-order valence-electron chi connectivity index (χ0n) is 9.55. The topological polar surface area (TPSA) is 39.9 Å². The first-order valence-electron chi connectivity index (χ1n) is 5.67. The minimum absolute atomic E-state index is 0.415. The minimum atomic E-state index is 0.415. The second-order valence-corrected chi connectivity index (χ2v) is 4.57. The molecule has 1 fully saturated rings. The predicted molar refractivity (Wildman–Crippen MR) is 61.5 cm³/mol. The van der Waals surface area contributed by atoms with Crippen molar-refractivity contribution >= 4 is 11.2 Å². The van der Waals surface area contributed by atoms with Crippen molar-refractivity contribution in [3.8, 4) is 0 Å². The van der Waals surface area contributed by atoms with Crippen LogP contribution in [0.5, 0.6) is 0 Å². The first-order chi connectivity index (χ1) is 7.75. The lowest BCUT2D eigenvalue weighted by Gasteiger charge is -2.27. The van der Waals surface area contributed by atoms with Crippen molar-refractivity contribution in [3.63, 3.8) is 0 Å². The fraction of sp³-hybridized carbons (Fsp3) is 0.500. The van der Waals surface area contributed by atoms with Gasteiger partial charge in [-0.3, -0.25) is 4.98 Å². The van der Waals surface area contributed by atoms with Crippen molar-refractivity contribution in [1.29, 1.82) is 0 Å². The molecular formula is C12H15N3O. The van der Waals surface area contributed by atoms with E-state index in [2.05, 4.69) is 34.6 Å². The number of nitrogens with zero attached hydrogens (tertiary/aromatic N) is 3. The van der Waals surface area contributed by atoms with Crippen LogP contribution < -0.4 is 0 Å². The molecule has 4 heteroatoms. The molecule has 4 nitrogen and oxygen atoms in total. The van der Waals surface area contributed by atoms with Crippen molar-refractivity contribution in [2.24, 2.45) is 0 Å². The maximum atomic E-state index is 5.22. The molecule has 0 amide bonds. The Hall–Kier alpha value is -1.42. The molecule has 0 atom stereocenters. The normalized spacial score (nSPS) is 16.9. The Labute approximate surface area is 94.3 Å². The molecule has 0 aliphatic carbocycles. The summed E-state index contributed by atoms with van der Waals surface area (Å²) in [6.45, 7) is 5.85. The molecule has 0 radical (unpaired) electrons. The van der Waals surface area contributed by atoms with Gasteiger partial charge in [0, 0.05) is 12.4 Å². The number of ether oxygens (including phenoxy) is 1. The molecule has 0 spiro atoms. The zero-order chi connectivity index (χ0) is 11.1. The van der Waals surface area contributed by atoms with E-state index in [1.165, 1.54) is 0 Å². The Bertz CT molecular complexity index is 514. The average molecular weight is 217 g/mol. The highest BCUT2D eigenvalue weighted by molar-refractivity contribution is 5.71. The van der Waals surface area contributed by atoms with E-state index in [-0.39, 0.29) is 0 Å². The highest BCUT2D eigenvalue weighted by atomic mass is 16.5. The molecular weight excluding hydrogens is 202 g/mol. The van der Waals surface area contributed by atoms with Gasteiger partial charge in [-0.05, 0) is 12.0 Å². The highest BCUT2D eigenvalue weighted by Crippen LogP contribution is 2.23. The number of fused-ring (bicyclic) bond motifs is 1. The molecule has 0 bridgehead atoms. The largest absolute Gasteiger partial charge is 0.377 e. The molecule has 3 heterocycles. The van der Waals surface area contributed by atoms with Crippen LogP contribution in [0.1, 0.15) is 31.5 Å². The minimum Gasteiger partial charge on any atom is -0.377 e. The molecule has 0 saturated carbocycles. The van der Waals surface area contributed by atoms with Gasteiger partial charge in [-0.1, -0.05) is 13.8 Å². The summed E-state index contributed by atoms with van der Waals surface area (Å²) in [5.74, 6) is 0.415. The van der Waals surface area contributed by atoms with E-state index >= 15 is 0 Å². The first-order valence-corrected chi connectivity index (χ1v) is 5.67. The van der Waals surface area contributed by atoms with Crippen LogP contribution in [0.25, 0.3) is 11.2 Å². The lowest BCUT2D eigenvalue weighted by molar-refractivity contribution is -0.0216. The molecule has 1 saturated heterocycles. The average Bonchev–Trinajstić information content (AvgIpc) is 2.59. The van der Waals surface area contributed by atoms with Gasteiger partial charge in [0.2, 0.25) is 0 Å². The Morgan fingerprint density at radius 1 is 1.44 bits per heavy atom. The monoisotopic (exact) mass is 217 g/mol. The van der Waals surface area contributed by atoms with E-state index in [0.717, 1.165) is 30.1 Å². The molecule has 0 aromatic carbocycles. The third-order valence-electron chi connectivity index (χ3n) is 3.04. The summed E-state index contributed by atoms with van der Waals surface area (Å²) in [4.78, 5) is 9.12. The van der Waals surface area contributed by atoms with Gasteiger partial charge < -0.3 is 9.30 Å². The quantitative estimate of drug-likeness (QED) is 0.773. The SMILES string of the molecule is CC(C)c1cnc2ccn(C3COC3)c2n1. The maximum absolute atomic E-state index is 5.22. The van der Waals surface area contributed by atoms with Crippen molar-refractivity contribution in [1.82, 2.24) is 14.5 Å². The van der Waals surface area contributed by atoms with Crippen molar-refractivity contribution in [2.75, 3.05) is 13.2 Å². The zero-order valence-corrected chi connectivity index (χ0v) is 9.55. The van der Waals surface area contributed by atoms with Gasteiger partial charge in [-0.25, -0.2) is 4.98 Å². The Kier molecular flexibility index (Phi) is 2.17. The van der Waals surface area contributed by atoms with Gasteiger partial charge in [-0.2, -0.15) is 0 Å². The number of hydrogen-bond donors (Lipinski definition) is 0. The second-order valence-electron chi connectivity index (χ2n) is 4.57. The van der Waals surface area contributed by atoms with Crippen molar-refractivity contribution in [2.45, 2.75) is 25.8 Å². The fourth-order valence-electron chi connectivity index (χ4n) is 1.89. The molecule has 84 valence electrons. The fourth-order valence-corrected chi connectivity index (χ4v) is 1.89. The highest BCUT2D eigenvalue weighted by Gasteiger charge is 2.22. The van der Waals surface area contributed by atoms with Crippen LogP contribution in [0.2, 0.25) is 0 Å². The number of rotatable bonds is 2. The Morgan fingerprint density at radius 3 is 2.88 bits per heavy atom. The third kappa shape index (κ3) is 1.41. The third-order valence-corrected chi connectivity index (χ3v) is 3.04. The smallest absolute Gasteiger partial charge is 0.159 e. The summed E-state index contributed by atoms with van der Waals surface area (Å²) in [6, 6.07) is 2.46. The molecule has 16 heavy (non-hydrogen) atoms. The van der Waals surface area contributed by atoms with Crippen LogP contribution >= 0.6 is 0 Å². The van der Waals surface area contributed by atoms with Crippen LogP contribution in [0.3, 0.4) is 0 Å². The summed E-state index contributed by atoms with van der Waals surface area (Å²) in [6.07, 6.45) is 3.93. The molecule has 0 unspecified atom stereocenters. The predicted octanol–water partition coefficient (Wildman–Crippen LogP) is 2.13. The molecule has 1 aliphatic rings. The Morgan fingerprint density at radius 2 is 2.25 bits per heavy atom.